The fraction of sp³-hybridized carbons (Fsp3) is 0.208. The van der Waals surface area contributed by atoms with Crippen LogP contribution in [0.15, 0.2) is 76.0 Å². The Kier molecular flexibility index (Phi) is 4.39. The van der Waals surface area contributed by atoms with Gasteiger partial charge in [-0.25, -0.2) is 4.68 Å². The standard InChI is InChI=1S/C24H22N4O3/c1-16-21(22(29)28(27(16)2)18-11-7-4-8-12-18)25-23(30)24(13-14-24)20-15-19(31-26-20)17-9-5-3-6-10-17/h3-12,15H,13-14H2,1-2H3,(H,25,30). The van der Waals surface area contributed by atoms with Crippen molar-refractivity contribution in [1.29, 1.82) is 0 Å². The summed E-state index contributed by atoms with van der Waals surface area (Å²) in [5.74, 6) is 0.392. The number of nitrogens with zero attached hydrogens (tertiary/aromatic N) is 3. The topological polar surface area (TPSA) is 82.1 Å². The molecule has 0 radical (unpaired) electrons. The Labute approximate surface area is 178 Å². The van der Waals surface area contributed by atoms with Gasteiger partial charge in [0.25, 0.3) is 5.56 Å². The van der Waals surface area contributed by atoms with Crippen LogP contribution >= 0.6 is 0 Å². The molecule has 1 N–H and O–H groups in total. The minimum atomic E-state index is -0.761. The number of nitrogens with one attached hydrogen (secondary N) is 1. The van der Waals surface area contributed by atoms with Gasteiger partial charge in [0, 0.05) is 18.7 Å². The van der Waals surface area contributed by atoms with E-state index in [9.17, 15) is 9.59 Å². The Balaban J connectivity index is 1.45. The molecule has 0 atom stereocenters. The lowest BCUT2D eigenvalue weighted by Crippen LogP contribution is -2.31. The Bertz CT molecular complexity index is 1310. The van der Waals surface area contributed by atoms with Crippen molar-refractivity contribution in [1.82, 2.24) is 14.5 Å². The normalized spacial score (nSPS) is 14.4. The monoisotopic (exact) mass is 414 g/mol. The number of hydrogen-bond acceptors (Lipinski definition) is 4. The minimum absolute atomic E-state index is 0.230. The molecule has 2 aromatic carbocycles. The van der Waals surface area contributed by atoms with E-state index in [0.717, 1.165) is 11.3 Å². The van der Waals surface area contributed by atoms with Gasteiger partial charge in [-0.15, -0.1) is 0 Å². The molecule has 7 nitrogen and oxygen atoms in total. The number of benzene rings is 2. The van der Waals surface area contributed by atoms with Gasteiger partial charge in [0.15, 0.2) is 5.76 Å². The van der Waals surface area contributed by atoms with Crippen LogP contribution in [0.2, 0.25) is 0 Å². The van der Waals surface area contributed by atoms with Crippen molar-refractivity contribution in [3.8, 4) is 17.0 Å². The maximum Gasteiger partial charge on any atom is 0.295 e. The number of amides is 1. The number of para-hydroxylation sites is 1. The molecule has 2 heterocycles. The van der Waals surface area contributed by atoms with Crippen LogP contribution < -0.4 is 10.9 Å². The zero-order valence-electron chi connectivity index (χ0n) is 17.3. The van der Waals surface area contributed by atoms with Crippen LogP contribution in [0.3, 0.4) is 0 Å². The fourth-order valence-corrected chi connectivity index (χ4v) is 3.91. The third kappa shape index (κ3) is 3.09. The first-order valence-electron chi connectivity index (χ1n) is 10.2. The summed E-state index contributed by atoms with van der Waals surface area (Å²) in [6, 6.07) is 20.8. The highest BCUT2D eigenvalue weighted by Gasteiger charge is 2.54. The summed E-state index contributed by atoms with van der Waals surface area (Å²) in [7, 11) is 1.80. The predicted octanol–water partition coefficient (Wildman–Crippen LogP) is 3.81. The predicted molar refractivity (Wildman–Crippen MR) is 117 cm³/mol. The minimum Gasteiger partial charge on any atom is -0.356 e. The van der Waals surface area contributed by atoms with Gasteiger partial charge >= 0.3 is 0 Å². The van der Waals surface area contributed by atoms with Gasteiger partial charge in [-0.1, -0.05) is 53.7 Å². The highest BCUT2D eigenvalue weighted by atomic mass is 16.5. The SMILES string of the molecule is Cc1c(NC(=O)C2(c3cc(-c4ccccc4)on3)CC2)c(=O)n(-c2ccccc2)n1C. The summed E-state index contributed by atoms with van der Waals surface area (Å²) < 4.78 is 8.80. The number of rotatable bonds is 5. The van der Waals surface area contributed by atoms with E-state index < -0.39 is 5.41 Å². The van der Waals surface area contributed by atoms with Gasteiger partial charge in [0.05, 0.1) is 22.5 Å². The maximum absolute atomic E-state index is 13.3. The molecule has 1 aliphatic carbocycles. The molecule has 0 spiro atoms. The molecule has 0 unspecified atom stereocenters. The average Bonchev–Trinajstić information content (AvgIpc) is 3.41. The second kappa shape index (κ2) is 7.12. The molecule has 5 rings (SSSR count). The van der Waals surface area contributed by atoms with Crippen LogP contribution in [0.4, 0.5) is 5.69 Å². The summed E-state index contributed by atoms with van der Waals surface area (Å²) in [4.78, 5) is 26.4. The van der Waals surface area contributed by atoms with Crippen molar-refractivity contribution < 1.29 is 9.32 Å². The third-order valence-corrected chi connectivity index (χ3v) is 6.04. The molecule has 0 aliphatic heterocycles. The van der Waals surface area contributed by atoms with E-state index in [1.54, 1.807) is 16.4 Å². The summed E-state index contributed by atoms with van der Waals surface area (Å²) in [6.45, 7) is 1.82. The summed E-state index contributed by atoms with van der Waals surface area (Å²) in [6.07, 6.45) is 1.33. The van der Waals surface area contributed by atoms with Crippen molar-refractivity contribution in [3.05, 3.63) is 88.5 Å². The van der Waals surface area contributed by atoms with E-state index in [-0.39, 0.29) is 17.2 Å². The second-order valence-electron chi connectivity index (χ2n) is 7.92. The molecule has 7 heteroatoms. The number of hydrogen-bond donors (Lipinski definition) is 1. The Morgan fingerprint density at radius 2 is 1.71 bits per heavy atom. The van der Waals surface area contributed by atoms with Crippen molar-refractivity contribution in [2.75, 3.05) is 5.32 Å². The van der Waals surface area contributed by atoms with E-state index in [4.69, 9.17) is 4.52 Å². The van der Waals surface area contributed by atoms with Crippen LogP contribution in [0.5, 0.6) is 0 Å². The van der Waals surface area contributed by atoms with Crippen molar-refractivity contribution in [2.24, 2.45) is 7.05 Å². The van der Waals surface area contributed by atoms with E-state index in [1.807, 2.05) is 73.7 Å². The van der Waals surface area contributed by atoms with E-state index in [2.05, 4.69) is 10.5 Å². The zero-order chi connectivity index (χ0) is 21.6. The van der Waals surface area contributed by atoms with Gasteiger partial charge < -0.3 is 9.84 Å². The molecule has 31 heavy (non-hydrogen) atoms. The molecular weight excluding hydrogens is 392 g/mol. The second-order valence-corrected chi connectivity index (χ2v) is 7.92. The van der Waals surface area contributed by atoms with Gasteiger partial charge in [0.2, 0.25) is 5.91 Å². The lowest BCUT2D eigenvalue weighted by Gasteiger charge is -2.11. The van der Waals surface area contributed by atoms with Gasteiger partial charge in [-0.3, -0.25) is 14.3 Å². The van der Waals surface area contributed by atoms with Gasteiger partial charge in [0.1, 0.15) is 5.69 Å². The first-order chi connectivity index (χ1) is 15.0. The maximum atomic E-state index is 13.3. The van der Waals surface area contributed by atoms with Crippen LogP contribution in [-0.2, 0) is 17.3 Å². The Morgan fingerprint density at radius 1 is 1.06 bits per heavy atom. The molecule has 0 bridgehead atoms. The van der Waals surface area contributed by atoms with Crippen molar-refractivity contribution in [2.45, 2.75) is 25.2 Å². The number of aromatic nitrogens is 3. The van der Waals surface area contributed by atoms with Crippen LogP contribution in [0.25, 0.3) is 17.0 Å². The Morgan fingerprint density at radius 3 is 2.35 bits per heavy atom. The molecule has 1 saturated carbocycles. The molecule has 4 aromatic rings. The lowest BCUT2D eigenvalue weighted by molar-refractivity contribution is -0.118. The number of anilines is 1. The summed E-state index contributed by atoms with van der Waals surface area (Å²) in [5, 5.41) is 7.07. The first kappa shape index (κ1) is 19.1. The zero-order valence-corrected chi connectivity index (χ0v) is 17.3. The fourth-order valence-electron chi connectivity index (χ4n) is 3.91. The molecule has 1 fully saturated rings. The van der Waals surface area contributed by atoms with Crippen LogP contribution in [0, 0.1) is 6.92 Å². The van der Waals surface area contributed by atoms with E-state index >= 15 is 0 Å². The summed E-state index contributed by atoms with van der Waals surface area (Å²) >= 11 is 0. The highest BCUT2D eigenvalue weighted by Crippen LogP contribution is 2.49. The van der Waals surface area contributed by atoms with E-state index in [1.165, 1.54) is 0 Å². The molecule has 0 saturated heterocycles. The van der Waals surface area contributed by atoms with E-state index in [0.29, 0.717) is 30.0 Å². The molecule has 156 valence electrons. The quantitative estimate of drug-likeness (QED) is 0.538. The average molecular weight is 414 g/mol. The van der Waals surface area contributed by atoms with Crippen LogP contribution in [-0.4, -0.2) is 20.4 Å². The van der Waals surface area contributed by atoms with Gasteiger partial charge in [-0.05, 0) is 31.9 Å². The first-order valence-corrected chi connectivity index (χ1v) is 10.2. The highest BCUT2D eigenvalue weighted by molar-refractivity contribution is 6.01. The smallest absolute Gasteiger partial charge is 0.295 e. The number of carbonyl (C=O) groups is 1. The number of carbonyl (C=O) groups excluding carboxylic acids is 1. The largest absolute Gasteiger partial charge is 0.356 e. The molecule has 1 aliphatic rings. The Hall–Kier alpha value is -3.87. The van der Waals surface area contributed by atoms with Gasteiger partial charge in [-0.2, -0.15) is 0 Å². The summed E-state index contributed by atoms with van der Waals surface area (Å²) in [5.41, 5.74) is 2.19. The third-order valence-electron chi connectivity index (χ3n) is 6.04. The van der Waals surface area contributed by atoms with Crippen LogP contribution in [0.1, 0.15) is 24.2 Å². The molecule has 2 aromatic heterocycles. The van der Waals surface area contributed by atoms with Crippen molar-refractivity contribution in [3.63, 3.8) is 0 Å². The molecular formula is C24H22N4O3. The molecule has 1 amide bonds. The van der Waals surface area contributed by atoms with Crippen molar-refractivity contribution >= 4 is 11.6 Å². The lowest BCUT2D eigenvalue weighted by atomic mass is 10.00.